The first-order valence-electron chi connectivity index (χ1n) is 4.50. The molecule has 0 saturated heterocycles. The van der Waals surface area contributed by atoms with Gasteiger partial charge in [0.1, 0.15) is 5.76 Å². The van der Waals surface area contributed by atoms with Gasteiger partial charge in [-0.05, 0) is 6.26 Å². The topological polar surface area (TPSA) is 38.1 Å². The molecular formula is C9H16N2OS. The molecule has 0 aliphatic carbocycles. The van der Waals surface area contributed by atoms with E-state index in [1.807, 2.05) is 11.8 Å². The zero-order valence-corrected chi connectivity index (χ0v) is 8.99. The summed E-state index contributed by atoms with van der Waals surface area (Å²) in [4.78, 5) is 4.15. The van der Waals surface area contributed by atoms with Crippen LogP contribution in [0.5, 0.6) is 0 Å². The van der Waals surface area contributed by atoms with Crippen molar-refractivity contribution in [1.29, 1.82) is 0 Å². The fourth-order valence-corrected chi connectivity index (χ4v) is 1.31. The molecule has 0 aliphatic rings. The van der Waals surface area contributed by atoms with Gasteiger partial charge in [-0.15, -0.1) is 0 Å². The number of hydrogen-bond acceptors (Lipinski definition) is 4. The normalized spacial score (nSPS) is 10.6. The van der Waals surface area contributed by atoms with Gasteiger partial charge in [-0.25, -0.2) is 4.98 Å². The zero-order chi connectivity index (χ0) is 9.52. The third kappa shape index (κ3) is 3.83. The molecule has 1 aromatic heterocycles. The number of rotatable bonds is 6. The van der Waals surface area contributed by atoms with Crippen LogP contribution in [0.1, 0.15) is 18.6 Å². The molecule has 0 amide bonds. The molecule has 1 aromatic rings. The van der Waals surface area contributed by atoms with Gasteiger partial charge >= 0.3 is 0 Å². The number of aromatic nitrogens is 1. The van der Waals surface area contributed by atoms with Gasteiger partial charge in [0.15, 0.2) is 0 Å². The summed E-state index contributed by atoms with van der Waals surface area (Å²) in [5.41, 5.74) is 0. The molecule has 0 aromatic carbocycles. The molecule has 3 nitrogen and oxygen atoms in total. The number of nitrogens with zero attached hydrogens (tertiary/aromatic N) is 1. The minimum atomic E-state index is 0.737. The van der Waals surface area contributed by atoms with E-state index < -0.39 is 0 Å². The summed E-state index contributed by atoms with van der Waals surface area (Å²) in [7, 11) is 0. The Morgan fingerprint density at radius 1 is 1.62 bits per heavy atom. The van der Waals surface area contributed by atoms with E-state index in [1.165, 1.54) is 0 Å². The van der Waals surface area contributed by atoms with Crippen LogP contribution in [0.25, 0.3) is 0 Å². The minimum absolute atomic E-state index is 0.737. The van der Waals surface area contributed by atoms with E-state index in [0.29, 0.717) is 0 Å². The molecule has 0 spiro atoms. The zero-order valence-electron chi connectivity index (χ0n) is 8.17. The maximum atomic E-state index is 5.43. The molecule has 0 bridgehead atoms. The largest absolute Gasteiger partial charge is 0.444 e. The molecule has 0 unspecified atom stereocenters. The molecule has 0 saturated carbocycles. The summed E-state index contributed by atoms with van der Waals surface area (Å²) in [6, 6.07) is 0. The molecule has 13 heavy (non-hydrogen) atoms. The third-order valence-electron chi connectivity index (χ3n) is 1.71. The smallest absolute Gasteiger partial charge is 0.208 e. The standard InChI is InChI=1S/C9H16N2OS/c1-3-8-6-11-9(12-8)7-10-4-5-13-2/h6,10H,3-5,7H2,1-2H3. The van der Waals surface area contributed by atoms with E-state index in [-0.39, 0.29) is 0 Å². The Labute approximate surface area is 83.3 Å². The quantitative estimate of drug-likeness (QED) is 0.709. The highest BCUT2D eigenvalue weighted by Gasteiger charge is 2.00. The minimum Gasteiger partial charge on any atom is -0.444 e. The maximum absolute atomic E-state index is 5.43. The molecule has 1 heterocycles. The average molecular weight is 200 g/mol. The molecule has 1 rings (SSSR count). The fraction of sp³-hybridized carbons (Fsp3) is 0.667. The second-order valence-corrected chi connectivity index (χ2v) is 3.73. The lowest BCUT2D eigenvalue weighted by atomic mass is 10.4. The Balaban J connectivity index is 2.20. The first kappa shape index (κ1) is 10.6. The number of oxazole rings is 1. The number of thioether (sulfide) groups is 1. The van der Waals surface area contributed by atoms with Crippen LogP contribution in [-0.4, -0.2) is 23.5 Å². The fourth-order valence-electron chi connectivity index (χ4n) is 0.963. The van der Waals surface area contributed by atoms with Crippen LogP contribution in [-0.2, 0) is 13.0 Å². The van der Waals surface area contributed by atoms with Gasteiger partial charge in [0.2, 0.25) is 5.89 Å². The van der Waals surface area contributed by atoms with E-state index in [9.17, 15) is 0 Å². The summed E-state index contributed by atoms with van der Waals surface area (Å²) in [6.07, 6.45) is 4.81. The maximum Gasteiger partial charge on any atom is 0.208 e. The Hall–Kier alpha value is -0.480. The van der Waals surface area contributed by atoms with Crippen molar-refractivity contribution < 1.29 is 4.42 Å². The summed E-state index contributed by atoms with van der Waals surface area (Å²) in [6.45, 7) is 3.80. The van der Waals surface area contributed by atoms with Crippen LogP contribution >= 0.6 is 11.8 Å². The van der Waals surface area contributed by atoms with Gasteiger partial charge < -0.3 is 9.73 Å². The predicted octanol–water partition coefficient (Wildman–Crippen LogP) is 1.69. The predicted molar refractivity (Wildman–Crippen MR) is 56.0 cm³/mol. The Bertz CT molecular complexity index is 237. The van der Waals surface area contributed by atoms with E-state index in [0.717, 1.165) is 36.9 Å². The summed E-state index contributed by atoms with van der Waals surface area (Å²) in [5.74, 6) is 2.88. The molecule has 0 fully saturated rings. The summed E-state index contributed by atoms with van der Waals surface area (Å²) in [5, 5.41) is 3.26. The SMILES string of the molecule is CCc1cnc(CNCCSC)o1. The average Bonchev–Trinajstić information content (AvgIpc) is 2.60. The van der Waals surface area contributed by atoms with Gasteiger partial charge in [0.05, 0.1) is 12.7 Å². The highest BCUT2D eigenvalue weighted by Crippen LogP contribution is 2.03. The van der Waals surface area contributed by atoms with Crippen molar-refractivity contribution in [2.24, 2.45) is 0 Å². The monoisotopic (exact) mass is 200 g/mol. The first-order valence-corrected chi connectivity index (χ1v) is 5.89. The molecule has 4 heteroatoms. The van der Waals surface area contributed by atoms with Gasteiger partial charge in [0.25, 0.3) is 0 Å². The van der Waals surface area contributed by atoms with Crippen LogP contribution in [0, 0.1) is 0 Å². The Morgan fingerprint density at radius 3 is 3.08 bits per heavy atom. The molecule has 0 radical (unpaired) electrons. The summed E-state index contributed by atoms with van der Waals surface area (Å²) < 4.78 is 5.43. The van der Waals surface area contributed by atoms with Crippen LogP contribution in [0.4, 0.5) is 0 Å². The van der Waals surface area contributed by atoms with Crippen LogP contribution in [0.3, 0.4) is 0 Å². The van der Waals surface area contributed by atoms with Crippen molar-refractivity contribution in [2.45, 2.75) is 19.9 Å². The van der Waals surface area contributed by atoms with E-state index in [2.05, 4.69) is 23.5 Å². The third-order valence-corrected chi connectivity index (χ3v) is 2.32. The van der Waals surface area contributed by atoms with Crippen LogP contribution in [0.15, 0.2) is 10.6 Å². The van der Waals surface area contributed by atoms with Crippen molar-refractivity contribution in [1.82, 2.24) is 10.3 Å². The van der Waals surface area contributed by atoms with Crippen LogP contribution < -0.4 is 5.32 Å². The number of hydrogen-bond donors (Lipinski definition) is 1. The van der Waals surface area contributed by atoms with Gasteiger partial charge in [-0.3, -0.25) is 0 Å². The van der Waals surface area contributed by atoms with Crippen molar-refractivity contribution in [3.05, 3.63) is 17.8 Å². The lowest BCUT2D eigenvalue weighted by Gasteiger charge is -1.98. The molecular weight excluding hydrogens is 184 g/mol. The Morgan fingerprint density at radius 2 is 2.46 bits per heavy atom. The second kappa shape index (κ2) is 6.05. The molecule has 0 atom stereocenters. The van der Waals surface area contributed by atoms with Gasteiger partial charge in [-0.2, -0.15) is 11.8 Å². The van der Waals surface area contributed by atoms with E-state index in [4.69, 9.17) is 4.42 Å². The van der Waals surface area contributed by atoms with E-state index in [1.54, 1.807) is 6.20 Å². The molecule has 74 valence electrons. The summed E-state index contributed by atoms with van der Waals surface area (Å²) >= 11 is 1.83. The number of nitrogens with one attached hydrogen (secondary N) is 1. The van der Waals surface area contributed by atoms with Crippen LogP contribution in [0.2, 0.25) is 0 Å². The lowest BCUT2D eigenvalue weighted by molar-refractivity contribution is 0.442. The van der Waals surface area contributed by atoms with Crippen molar-refractivity contribution in [3.8, 4) is 0 Å². The second-order valence-electron chi connectivity index (χ2n) is 2.74. The lowest BCUT2D eigenvalue weighted by Crippen LogP contribution is -2.16. The Kier molecular flexibility index (Phi) is 4.93. The van der Waals surface area contributed by atoms with Gasteiger partial charge in [0, 0.05) is 18.7 Å². The van der Waals surface area contributed by atoms with Crippen molar-refractivity contribution in [2.75, 3.05) is 18.6 Å². The highest BCUT2D eigenvalue weighted by atomic mass is 32.2. The first-order chi connectivity index (χ1) is 6.36. The molecule has 0 aliphatic heterocycles. The van der Waals surface area contributed by atoms with Crippen molar-refractivity contribution in [3.63, 3.8) is 0 Å². The van der Waals surface area contributed by atoms with E-state index >= 15 is 0 Å². The molecule has 1 N–H and O–H groups in total. The highest BCUT2D eigenvalue weighted by molar-refractivity contribution is 7.98. The van der Waals surface area contributed by atoms with Gasteiger partial charge in [-0.1, -0.05) is 6.92 Å². The van der Waals surface area contributed by atoms with Crippen molar-refractivity contribution >= 4 is 11.8 Å². The number of aryl methyl sites for hydroxylation is 1.